The molecule has 0 aliphatic carbocycles. The Kier molecular flexibility index (Phi) is 5.60. The molecule has 1 heterocycles. The highest BCUT2D eigenvalue weighted by molar-refractivity contribution is 5.83. The van der Waals surface area contributed by atoms with Gasteiger partial charge in [-0.2, -0.15) is 0 Å². The topological polar surface area (TPSA) is 55.6 Å². The van der Waals surface area contributed by atoms with E-state index in [0.29, 0.717) is 25.7 Å². The number of nitrogens with two attached hydrogens (primary N) is 1. The largest absolute Gasteiger partial charge is 0.381 e. The van der Waals surface area contributed by atoms with Crippen LogP contribution in [-0.4, -0.2) is 43.2 Å². The van der Waals surface area contributed by atoms with E-state index in [-0.39, 0.29) is 11.9 Å². The third-order valence-electron chi connectivity index (χ3n) is 3.74. The maximum Gasteiger partial charge on any atom is 0.230 e. The molecule has 4 heteroatoms. The summed E-state index contributed by atoms with van der Waals surface area (Å²) in [5, 5.41) is 0. The van der Waals surface area contributed by atoms with Crippen LogP contribution in [0.15, 0.2) is 0 Å². The SMILES string of the molecule is CC(C)CN(C(=O)C1(CN)CCOCC1)C(C)C. The summed E-state index contributed by atoms with van der Waals surface area (Å²) < 4.78 is 5.37. The molecule has 18 heavy (non-hydrogen) atoms. The molecular weight excluding hydrogens is 228 g/mol. The molecule has 1 saturated heterocycles. The Morgan fingerprint density at radius 2 is 1.83 bits per heavy atom. The zero-order valence-corrected chi connectivity index (χ0v) is 12.2. The first kappa shape index (κ1) is 15.4. The third kappa shape index (κ3) is 3.45. The molecule has 0 bridgehead atoms. The van der Waals surface area contributed by atoms with Crippen molar-refractivity contribution in [3.8, 4) is 0 Å². The average Bonchev–Trinajstić information content (AvgIpc) is 2.35. The summed E-state index contributed by atoms with van der Waals surface area (Å²) in [6.07, 6.45) is 1.51. The van der Waals surface area contributed by atoms with Crippen LogP contribution >= 0.6 is 0 Å². The quantitative estimate of drug-likeness (QED) is 0.813. The molecule has 0 spiro atoms. The second-order valence-corrected chi connectivity index (χ2v) is 6.04. The molecule has 0 saturated carbocycles. The van der Waals surface area contributed by atoms with Crippen LogP contribution in [0, 0.1) is 11.3 Å². The van der Waals surface area contributed by atoms with Crippen molar-refractivity contribution in [1.29, 1.82) is 0 Å². The number of hydrogen-bond donors (Lipinski definition) is 1. The second kappa shape index (κ2) is 6.53. The minimum atomic E-state index is -0.391. The van der Waals surface area contributed by atoms with Crippen LogP contribution in [0.2, 0.25) is 0 Å². The lowest BCUT2D eigenvalue weighted by molar-refractivity contribution is -0.149. The number of amides is 1. The Labute approximate surface area is 111 Å². The predicted molar refractivity (Wildman–Crippen MR) is 73.2 cm³/mol. The predicted octanol–water partition coefficient (Wildman–Crippen LogP) is 1.63. The van der Waals surface area contributed by atoms with Gasteiger partial charge >= 0.3 is 0 Å². The number of carbonyl (C=O) groups excluding carboxylic acids is 1. The van der Waals surface area contributed by atoms with Crippen LogP contribution in [0.25, 0.3) is 0 Å². The summed E-state index contributed by atoms with van der Waals surface area (Å²) in [5.41, 5.74) is 5.51. The van der Waals surface area contributed by atoms with Gasteiger partial charge in [0.1, 0.15) is 0 Å². The van der Waals surface area contributed by atoms with Gasteiger partial charge in [-0.25, -0.2) is 0 Å². The maximum absolute atomic E-state index is 12.8. The zero-order chi connectivity index (χ0) is 13.8. The van der Waals surface area contributed by atoms with Gasteiger partial charge in [0.05, 0.1) is 5.41 Å². The first-order chi connectivity index (χ1) is 8.43. The lowest BCUT2D eigenvalue weighted by atomic mass is 9.78. The highest BCUT2D eigenvalue weighted by Crippen LogP contribution is 2.32. The molecule has 1 rings (SSSR count). The van der Waals surface area contributed by atoms with Gasteiger partial charge in [-0.15, -0.1) is 0 Å². The van der Waals surface area contributed by atoms with Crippen molar-refractivity contribution >= 4 is 5.91 Å². The van der Waals surface area contributed by atoms with E-state index >= 15 is 0 Å². The van der Waals surface area contributed by atoms with Gasteiger partial charge in [0.2, 0.25) is 5.91 Å². The molecular formula is C14H28N2O2. The number of hydrogen-bond acceptors (Lipinski definition) is 3. The van der Waals surface area contributed by atoms with Crippen molar-refractivity contribution in [2.45, 2.75) is 46.6 Å². The summed E-state index contributed by atoms with van der Waals surface area (Å²) in [6, 6.07) is 0.228. The lowest BCUT2D eigenvalue weighted by Gasteiger charge is -2.41. The molecule has 2 N–H and O–H groups in total. The Morgan fingerprint density at radius 3 is 2.22 bits per heavy atom. The summed E-state index contributed by atoms with van der Waals surface area (Å²) in [7, 11) is 0. The van der Waals surface area contributed by atoms with Crippen molar-refractivity contribution < 1.29 is 9.53 Å². The first-order valence-corrected chi connectivity index (χ1v) is 7.02. The number of rotatable bonds is 5. The van der Waals surface area contributed by atoms with E-state index in [4.69, 9.17) is 10.5 Å². The first-order valence-electron chi connectivity index (χ1n) is 7.02. The molecule has 0 unspecified atom stereocenters. The molecule has 106 valence electrons. The summed E-state index contributed by atoms with van der Waals surface area (Å²) in [6.45, 7) is 11.0. The Balaban J connectivity index is 2.85. The molecule has 0 aromatic heterocycles. The van der Waals surface area contributed by atoms with Crippen LogP contribution in [-0.2, 0) is 9.53 Å². The molecule has 1 aliphatic rings. The standard InChI is InChI=1S/C14H28N2O2/c1-11(2)9-16(12(3)4)13(17)14(10-15)5-7-18-8-6-14/h11-12H,5-10,15H2,1-4H3. The van der Waals surface area contributed by atoms with Crippen LogP contribution < -0.4 is 5.73 Å². The minimum Gasteiger partial charge on any atom is -0.381 e. The summed E-state index contributed by atoms with van der Waals surface area (Å²) in [4.78, 5) is 14.8. The molecule has 1 aliphatic heterocycles. The lowest BCUT2D eigenvalue weighted by Crippen LogP contribution is -2.53. The van der Waals surface area contributed by atoms with Crippen LogP contribution in [0.5, 0.6) is 0 Å². The monoisotopic (exact) mass is 256 g/mol. The van der Waals surface area contributed by atoms with Gasteiger partial charge in [0, 0.05) is 32.3 Å². The number of ether oxygens (including phenoxy) is 1. The van der Waals surface area contributed by atoms with E-state index in [1.54, 1.807) is 0 Å². The van der Waals surface area contributed by atoms with E-state index in [9.17, 15) is 4.79 Å². The Hall–Kier alpha value is -0.610. The second-order valence-electron chi connectivity index (χ2n) is 6.04. The van der Waals surface area contributed by atoms with Crippen molar-refractivity contribution in [1.82, 2.24) is 4.90 Å². The highest BCUT2D eigenvalue weighted by atomic mass is 16.5. The number of nitrogens with zero attached hydrogens (tertiary/aromatic N) is 1. The van der Waals surface area contributed by atoms with Crippen molar-refractivity contribution in [3.63, 3.8) is 0 Å². The summed E-state index contributed by atoms with van der Waals surface area (Å²) >= 11 is 0. The van der Waals surface area contributed by atoms with Crippen LogP contribution in [0.4, 0.5) is 0 Å². The highest BCUT2D eigenvalue weighted by Gasteiger charge is 2.42. The maximum atomic E-state index is 12.8. The van der Waals surface area contributed by atoms with Crippen molar-refractivity contribution in [2.75, 3.05) is 26.3 Å². The molecule has 4 nitrogen and oxygen atoms in total. The van der Waals surface area contributed by atoms with Crippen LogP contribution in [0.1, 0.15) is 40.5 Å². The third-order valence-corrected chi connectivity index (χ3v) is 3.74. The molecule has 0 atom stereocenters. The fourth-order valence-electron chi connectivity index (χ4n) is 2.49. The van der Waals surface area contributed by atoms with Crippen molar-refractivity contribution in [3.05, 3.63) is 0 Å². The van der Waals surface area contributed by atoms with Gasteiger partial charge in [0.25, 0.3) is 0 Å². The Morgan fingerprint density at radius 1 is 1.28 bits per heavy atom. The zero-order valence-electron chi connectivity index (χ0n) is 12.2. The van der Waals surface area contributed by atoms with Gasteiger partial charge < -0.3 is 15.4 Å². The van der Waals surface area contributed by atoms with Crippen molar-refractivity contribution in [2.24, 2.45) is 17.1 Å². The van der Waals surface area contributed by atoms with E-state index in [1.807, 2.05) is 4.90 Å². The molecule has 1 fully saturated rings. The summed E-state index contributed by atoms with van der Waals surface area (Å²) in [5.74, 6) is 0.697. The fraction of sp³-hybridized carbons (Fsp3) is 0.929. The van der Waals surface area contributed by atoms with E-state index < -0.39 is 5.41 Å². The number of carbonyl (C=O) groups is 1. The fourth-order valence-corrected chi connectivity index (χ4v) is 2.49. The van der Waals surface area contributed by atoms with E-state index in [2.05, 4.69) is 27.7 Å². The Bertz CT molecular complexity index is 271. The van der Waals surface area contributed by atoms with Gasteiger partial charge in [0.15, 0.2) is 0 Å². The van der Waals surface area contributed by atoms with Gasteiger partial charge in [-0.05, 0) is 32.6 Å². The average molecular weight is 256 g/mol. The molecule has 0 aromatic carbocycles. The van der Waals surface area contributed by atoms with Crippen LogP contribution in [0.3, 0.4) is 0 Å². The molecule has 0 aromatic rings. The van der Waals surface area contributed by atoms with Gasteiger partial charge in [-0.1, -0.05) is 13.8 Å². The molecule has 0 radical (unpaired) electrons. The van der Waals surface area contributed by atoms with E-state index in [1.165, 1.54) is 0 Å². The smallest absolute Gasteiger partial charge is 0.230 e. The normalized spacial score (nSPS) is 19.3. The molecule has 1 amide bonds. The van der Waals surface area contributed by atoms with Gasteiger partial charge in [-0.3, -0.25) is 4.79 Å². The van der Waals surface area contributed by atoms with E-state index in [0.717, 1.165) is 19.4 Å². The minimum absolute atomic E-state index is 0.219.